The number of sulfonamides is 1. The van der Waals surface area contributed by atoms with Crippen molar-refractivity contribution in [2.24, 2.45) is 0 Å². The second-order valence-corrected chi connectivity index (χ2v) is 12.6. The Labute approximate surface area is 256 Å². The monoisotopic (exact) mass is 634 g/mol. The number of rotatable bonds is 11. The van der Waals surface area contributed by atoms with Crippen LogP contribution in [0.2, 0.25) is 0 Å². The maximum Gasteiger partial charge on any atom is 0.416 e. The van der Waals surface area contributed by atoms with Crippen LogP contribution in [0.1, 0.15) is 30.9 Å². The van der Waals surface area contributed by atoms with E-state index in [2.05, 4.69) is 4.90 Å². The molecule has 2 heterocycles. The summed E-state index contributed by atoms with van der Waals surface area (Å²) in [5.41, 5.74) is 1.49. The van der Waals surface area contributed by atoms with Crippen molar-refractivity contribution < 1.29 is 35.9 Å². The van der Waals surface area contributed by atoms with Gasteiger partial charge in [-0.05, 0) is 60.9 Å². The molecule has 1 aliphatic rings. The van der Waals surface area contributed by atoms with Crippen LogP contribution in [0.4, 0.5) is 24.7 Å². The third-order valence-corrected chi connectivity index (χ3v) is 9.16. The molecule has 1 saturated heterocycles. The van der Waals surface area contributed by atoms with Crippen LogP contribution in [0.25, 0.3) is 11.1 Å². The van der Waals surface area contributed by atoms with E-state index in [0.717, 1.165) is 40.1 Å². The number of anilines is 2. The number of carbonyl (C=O) groups excluding carboxylic acids is 1. The third kappa shape index (κ3) is 7.81. The SMILES string of the molecule is CCCOc1cc(C)cc(-c2cnc(N3CCN(CCC(=O)OC)CC3)c(N(C)S(=O)(=O)c3cccc(C(F)(F)F)c3)c2)c1. The Morgan fingerprint density at radius 1 is 1.05 bits per heavy atom. The Hall–Kier alpha value is -3.84. The molecule has 0 unspecified atom stereocenters. The molecular weight excluding hydrogens is 597 g/mol. The summed E-state index contributed by atoms with van der Waals surface area (Å²) in [5.74, 6) is 0.753. The van der Waals surface area contributed by atoms with Crippen molar-refractivity contribution in [2.75, 3.05) is 62.7 Å². The topological polar surface area (TPSA) is 92.3 Å². The molecule has 9 nitrogen and oxygen atoms in total. The standard InChI is InChI=1S/C31H37F3N4O5S/c1-5-15-43-26-17-22(2)16-23(18-26)24-19-28(36(3)44(40,41)27-8-6-7-25(20-27)31(32,33)34)30(35-21-24)38-13-11-37(12-14-38)10-9-29(39)42-4/h6-8,16-21H,5,9-15H2,1-4H3. The molecule has 0 N–H and O–H groups in total. The molecule has 0 aliphatic carbocycles. The van der Waals surface area contributed by atoms with E-state index >= 15 is 0 Å². The fourth-order valence-electron chi connectivity index (χ4n) is 4.95. The quantitative estimate of drug-likeness (QED) is 0.260. The number of carbonyl (C=O) groups is 1. The maximum absolute atomic E-state index is 13.8. The average Bonchev–Trinajstić information content (AvgIpc) is 3.01. The number of nitrogens with zero attached hydrogens (tertiary/aromatic N) is 4. The van der Waals surface area contributed by atoms with Gasteiger partial charge in [-0.2, -0.15) is 13.2 Å². The van der Waals surface area contributed by atoms with E-state index in [1.165, 1.54) is 14.2 Å². The van der Waals surface area contributed by atoms with Gasteiger partial charge < -0.3 is 14.4 Å². The number of pyridine rings is 1. The van der Waals surface area contributed by atoms with E-state index < -0.39 is 26.7 Å². The first-order valence-electron chi connectivity index (χ1n) is 14.3. The number of aryl methyl sites for hydroxylation is 1. The van der Waals surface area contributed by atoms with Gasteiger partial charge in [0.2, 0.25) is 0 Å². The lowest BCUT2D eigenvalue weighted by atomic mass is 10.0. The average molecular weight is 635 g/mol. The zero-order valence-electron chi connectivity index (χ0n) is 25.2. The second-order valence-electron chi connectivity index (χ2n) is 10.6. The molecule has 0 radical (unpaired) electrons. The summed E-state index contributed by atoms with van der Waals surface area (Å²) in [6.07, 6.45) is -1.95. The van der Waals surface area contributed by atoms with E-state index in [1.807, 2.05) is 36.9 Å². The van der Waals surface area contributed by atoms with Crippen LogP contribution in [0.3, 0.4) is 0 Å². The van der Waals surface area contributed by atoms with Gasteiger partial charge in [0.25, 0.3) is 10.0 Å². The number of halogens is 3. The van der Waals surface area contributed by atoms with E-state index in [-0.39, 0.29) is 18.1 Å². The van der Waals surface area contributed by atoms with Crippen LogP contribution < -0.4 is 13.9 Å². The molecule has 1 fully saturated rings. The lowest BCUT2D eigenvalue weighted by molar-refractivity contribution is -0.141. The minimum Gasteiger partial charge on any atom is -0.494 e. The van der Waals surface area contributed by atoms with Crippen molar-refractivity contribution in [3.05, 3.63) is 65.9 Å². The highest BCUT2D eigenvalue weighted by molar-refractivity contribution is 7.92. The number of methoxy groups -OCH3 is 1. The minimum absolute atomic E-state index is 0.223. The molecule has 0 saturated carbocycles. The van der Waals surface area contributed by atoms with Crippen LogP contribution in [-0.4, -0.2) is 77.8 Å². The van der Waals surface area contributed by atoms with Gasteiger partial charge in [-0.25, -0.2) is 13.4 Å². The van der Waals surface area contributed by atoms with E-state index in [1.54, 1.807) is 12.3 Å². The number of alkyl halides is 3. The van der Waals surface area contributed by atoms with Gasteiger partial charge in [-0.1, -0.05) is 19.1 Å². The number of ether oxygens (including phenoxy) is 2. The number of esters is 1. The van der Waals surface area contributed by atoms with Crippen molar-refractivity contribution >= 4 is 27.5 Å². The van der Waals surface area contributed by atoms with E-state index in [0.29, 0.717) is 62.5 Å². The molecule has 44 heavy (non-hydrogen) atoms. The summed E-state index contributed by atoms with van der Waals surface area (Å²) in [4.78, 5) is 19.9. The van der Waals surface area contributed by atoms with Crippen molar-refractivity contribution in [3.63, 3.8) is 0 Å². The predicted octanol–water partition coefficient (Wildman–Crippen LogP) is 5.37. The van der Waals surface area contributed by atoms with Crippen molar-refractivity contribution in [2.45, 2.75) is 37.8 Å². The Kier molecular flexibility index (Phi) is 10.4. The fourth-order valence-corrected chi connectivity index (χ4v) is 6.19. The minimum atomic E-state index is -4.70. The van der Waals surface area contributed by atoms with Gasteiger partial charge in [0.05, 0.1) is 36.3 Å². The number of hydrogen-bond acceptors (Lipinski definition) is 8. The van der Waals surface area contributed by atoms with Crippen LogP contribution in [0.5, 0.6) is 5.75 Å². The molecule has 1 aromatic heterocycles. The van der Waals surface area contributed by atoms with E-state index in [9.17, 15) is 26.4 Å². The summed E-state index contributed by atoms with van der Waals surface area (Å²) in [6, 6.07) is 11.1. The second kappa shape index (κ2) is 13.9. The van der Waals surface area contributed by atoms with Crippen LogP contribution in [0, 0.1) is 6.92 Å². The maximum atomic E-state index is 13.8. The Bertz CT molecular complexity index is 1570. The highest BCUT2D eigenvalue weighted by atomic mass is 32.2. The fraction of sp³-hybridized carbons (Fsp3) is 0.419. The molecule has 0 bridgehead atoms. The summed E-state index contributed by atoms with van der Waals surface area (Å²) in [5, 5.41) is 0. The largest absolute Gasteiger partial charge is 0.494 e. The predicted molar refractivity (Wildman–Crippen MR) is 163 cm³/mol. The molecular formula is C31H37F3N4O5S. The summed E-state index contributed by atoms with van der Waals surface area (Å²) < 4.78 is 79.5. The molecule has 0 amide bonds. The molecule has 1 aliphatic heterocycles. The van der Waals surface area contributed by atoms with Crippen LogP contribution in [-0.2, 0) is 25.7 Å². The van der Waals surface area contributed by atoms with Gasteiger partial charge in [-0.15, -0.1) is 0 Å². The van der Waals surface area contributed by atoms with Gasteiger partial charge in [-0.3, -0.25) is 14.0 Å². The summed E-state index contributed by atoms with van der Waals surface area (Å²) in [7, 11) is -1.75. The summed E-state index contributed by atoms with van der Waals surface area (Å²) in [6.45, 7) is 7.18. The zero-order valence-corrected chi connectivity index (χ0v) is 26.0. The number of aromatic nitrogens is 1. The Morgan fingerprint density at radius 2 is 1.77 bits per heavy atom. The molecule has 3 aromatic rings. The molecule has 4 rings (SSSR count). The number of piperazine rings is 1. The van der Waals surface area contributed by atoms with Gasteiger partial charge in [0, 0.05) is 51.5 Å². The first-order valence-corrected chi connectivity index (χ1v) is 15.7. The molecule has 2 aromatic carbocycles. The van der Waals surface area contributed by atoms with Crippen molar-refractivity contribution in [1.82, 2.24) is 9.88 Å². The molecule has 0 atom stereocenters. The lowest BCUT2D eigenvalue weighted by Gasteiger charge is -2.37. The van der Waals surface area contributed by atoms with Gasteiger partial charge >= 0.3 is 12.1 Å². The van der Waals surface area contributed by atoms with Gasteiger partial charge in [0.1, 0.15) is 5.75 Å². The van der Waals surface area contributed by atoms with Crippen molar-refractivity contribution in [1.29, 1.82) is 0 Å². The lowest BCUT2D eigenvalue weighted by Crippen LogP contribution is -2.47. The molecule has 0 spiro atoms. The number of benzene rings is 2. The Morgan fingerprint density at radius 3 is 2.43 bits per heavy atom. The van der Waals surface area contributed by atoms with Crippen molar-refractivity contribution in [3.8, 4) is 16.9 Å². The third-order valence-electron chi connectivity index (χ3n) is 7.39. The molecule has 238 valence electrons. The Balaban J connectivity index is 1.73. The zero-order chi connectivity index (χ0) is 32.1. The highest BCUT2D eigenvalue weighted by Crippen LogP contribution is 2.37. The van der Waals surface area contributed by atoms with Gasteiger partial charge in [0.15, 0.2) is 5.82 Å². The first kappa shape index (κ1) is 33.1. The smallest absolute Gasteiger partial charge is 0.416 e. The summed E-state index contributed by atoms with van der Waals surface area (Å²) >= 11 is 0. The number of hydrogen-bond donors (Lipinski definition) is 0. The molecule has 13 heteroatoms. The van der Waals surface area contributed by atoms with Crippen LogP contribution >= 0.6 is 0 Å². The highest BCUT2D eigenvalue weighted by Gasteiger charge is 2.33. The first-order chi connectivity index (χ1) is 20.8. The van der Waals surface area contributed by atoms with Crippen LogP contribution in [0.15, 0.2) is 59.6 Å². The van der Waals surface area contributed by atoms with E-state index in [4.69, 9.17) is 14.5 Å². The normalized spacial score (nSPS) is 14.4.